The molecule has 3 unspecified atom stereocenters. The van der Waals surface area contributed by atoms with Gasteiger partial charge in [-0.05, 0) is 74.2 Å². The summed E-state index contributed by atoms with van der Waals surface area (Å²) in [6.07, 6.45) is 6.86. The van der Waals surface area contributed by atoms with Crippen LogP contribution in [0.5, 0.6) is 0 Å². The number of hydroxylamine groups is 2. The van der Waals surface area contributed by atoms with Crippen LogP contribution in [0.4, 0.5) is 0 Å². The minimum Gasteiger partial charge on any atom is -0.458 e. The van der Waals surface area contributed by atoms with Gasteiger partial charge in [0.2, 0.25) is 5.78 Å². The second kappa shape index (κ2) is 9.94. The van der Waals surface area contributed by atoms with E-state index < -0.39 is 53.6 Å². The van der Waals surface area contributed by atoms with Crippen LogP contribution in [0, 0.1) is 28.6 Å². The number of hydrogen-bond donors (Lipinski definition) is 1. The van der Waals surface area contributed by atoms with Crippen molar-refractivity contribution < 1.29 is 43.4 Å². The molecule has 2 amide bonds. The maximum absolute atomic E-state index is 13.3. The largest absolute Gasteiger partial charge is 0.458 e. The lowest BCUT2D eigenvalue weighted by Crippen LogP contribution is -2.58. The van der Waals surface area contributed by atoms with Crippen LogP contribution in [0.1, 0.15) is 90.9 Å². The fraction of sp³-hybridized carbons (Fsp3) is 0.724. The first-order valence-corrected chi connectivity index (χ1v) is 14.1. The van der Waals surface area contributed by atoms with Gasteiger partial charge >= 0.3 is 11.9 Å². The highest BCUT2D eigenvalue weighted by Gasteiger charge is 2.66. The van der Waals surface area contributed by atoms with E-state index in [2.05, 4.69) is 6.92 Å². The molecular weight excluding hydrogens is 506 g/mol. The summed E-state index contributed by atoms with van der Waals surface area (Å²) in [4.78, 5) is 77.4. The number of hydrogen-bond acceptors (Lipinski definition) is 9. The molecule has 3 saturated carbocycles. The highest BCUT2D eigenvalue weighted by atomic mass is 16.7. The van der Waals surface area contributed by atoms with Crippen molar-refractivity contribution in [3.05, 3.63) is 11.6 Å². The van der Waals surface area contributed by atoms with E-state index in [1.54, 1.807) is 0 Å². The van der Waals surface area contributed by atoms with Gasteiger partial charge in [-0.15, -0.1) is 5.06 Å². The lowest BCUT2D eigenvalue weighted by atomic mass is 9.46. The zero-order valence-electron chi connectivity index (χ0n) is 22.7. The van der Waals surface area contributed by atoms with Crippen molar-refractivity contribution in [1.82, 2.24) is 5.06 Å². The van der Waals surface area contributed by atoms with Crippen molar-refractivity contribution in [3.63, 3.8) is 0 Å². The Morgan fingerprint density at radius 2 is 1.56 bits per heavy atom. The number of aliphatic hydroxyl groups is 1. The van der Waals surface area contributed by atoms with E-state index in [4.69, 9.17) is 9.57 Å². The van der Waals surface area contributed by atoms with Gasteiger partial charge in [0.25, 0.3) is 11.8 Å². The van der Waals surface area contributed by atoms with Crippen molar-refractivity contribution in [2.45, 2.75) is 96.5 Å². The molecule has 1 N–H and O–H groups in total. The average Bonchev–Trinajstić information content (AvgIpc) is 3.37. The molecule has 0 aromatic heterocycles. The number of allylic oxidation sites excluding steroid dienone is 1. The number of ether oxygens (including phenoxy) is 1. The topological polar surface area (TPSA) is 144 Å². The van der Waals surface area contributed by atoms with Crippen LogP contribution in [-0.4, -0.2) is 57.7 Å². The molecule has 0 aromatic rings. The number of fused-ring (bicyclic) bond motifs is 5. The maximum Gasteiger partial charge on any atom is 0.333 e. The fourth-order valence-electron chi connectivity index (χ4n) is 8.38. The molecule has 5 aliphatic rings. The van der Waals surface area contributed by atoms with Crippen LogP contribution in [-0.2, 0) is 38.3 Å². The second-order valence-corrected chi connectivity index (χ2v) is 12.5. The number of rotatable bonds is 7. The lowest BCUT2D eigenvalue weighted by Gasteiger charge is -2.58. The Kier molecular flexibility index (Phi) is 7.06. The van der Waals surface area contributed by atoms with Crippen molar-refractivity contribution >= 4 is 35.3 Å². The van der Waals surface area contributed by atoms with Gasteiger partial charge < -0.3 is 14.7 Å². The number of Topliss-reactive ketones (excluding diaryl/α,β-unsaturated/α-hetero) is 1. The van der Waals surface area contributed by atoms with Gasteiger partial charge in [0.05, 0.1) is 12.8 Å². The van der Waals surface area contributed by atoms with E-state index in [9.17, 15) is 33.9 Å². The van der Waals surface area contributed by atoms with Crippen molar-refractivity contribution in [2.75, 3.05) is 6.61 Å². The molecule has 1 saturated heterocycles. The Hall–Kier alpha value is -2.88. The first-order chi connectivity index (χ1) is 18.4. The fourth-order valence-corrected chi connectivity index (χ4v) is 8.38. The number of carbonyl (C=O) groups excluding carboxylic acids is 6. The smallest absolute Gasteiger partial charge is 0.333 e. The monoisotopic (exact) mass is 543 g/mol. The molecule has 4 fully saturated rings. The summed E-state index contributed by atoms with van der Waals surface area (Å²) in [5.41, 5.74) is -0.965. The van der Waals surface area contributed by atoms with Gasteiger partial charge in [-0.1, -0.05) is 19.4 Å². The highest BCUT2D eigenvalue weighted by molar-refractivity contribution is 6.01. The molecular formula is C29H37NO9. The summed E-state index contributed by atoms with van der Waals surface area (Å²) in [7, 11) is 0. The van der Waals surface area contributed by atoms with Gasteiger partial charge in [-0.2, -0.15) is 0 Å². The van der Waals surface area contributed by atoms with E-state index in [-0.39, 0.29) is 36.4 Å². The van der Waals surface area contributed by atoms with E-state index in [1.807, 2.05) is 13.0 Å². The maximum atomic E-state index is 13.3. The molecule has 6 atom stereocenters. The normalized spacial score (nSPS) is 37.5. The number of ketones is 2. The zero-order chi connectivity index (χ0) is 28.2. The first-order valence-electron chi connectivity index (χ1n) is 14.1. The number of imide groups is 1. The first kappa shape index (κ1) is 27.7. The standard InChI is InChI=1S/C29H37NO9/c1-27-12-9-18(31)15-17(27)3-4-19-20(27)10-13-28(2)21(19)11-14-29(28,37)22(32)16-38-25(35)7-8-26(36)39-30-23(33)5-6-24(30)34/h15,19-21,37H,3-14,16H2,1-2H3/t19?,20?,21?,27-,28-,29-/m0/s1. The van der Waals surface area contributed by atoms with Crippen molar-refractivity contribution in [2.24, 2.45) is 28.6 Å². The molecule has 212 valence electrons. The molecule has 1 heterocycles. The van der Waals surface area contributed by atoms with Gasteiger partial charge in [0.1, 0.15) is 5.60 Å². The molecule has 4 aliphatic carbocycles. The minimum atomic E-state index is -1.60. The van der Waals surface area contributed by atoms with Crippen LogP contribution < -0.4 is 0 Å². The van der Waals surface area contributed by atoms with Crippen molar-refractivity contribution in [3.8, 4) is 0 Å². The predicted molar refractivity (Wildman–Crippen MR) is 134 cm³/mol. The second-order valence-electron chi connectivity index (χ2n) is 12.5. The Morgan fingerprint density at radius 1 is 0.897 bits per heavy atom. The molecule has 0 aromatic carbocycles. The SMILES string of the molecule is C[C@]12CCC(=O)C=C1CCC1C2CC[C@@]2(C)C1CC[C@]2(O)C(=O)COC(=O)CCC(=O)ON1C(=O)CCC1=O. The van der Waals surface area contributed by atoms with Crippen LogP contribution in [0.2, 0.25) is 0 Å². The number of esters is 1. The lowest BCUT2D eigenvalue weighted by molar-refractivity contribution is -0.197. The van der Waals surface area contributed by atoms with Gasteiger partial charge in [0, 0.05) is 24.7 Å². The third-order valence-corrected chi connectivity index (χ3v) is 10.7. The summed E-state index contributed by atoms with van der Waals surface area (Å²) in [5, 5.41) is 12.1. The summed E-state index contributed by atoms with van der Waals surface area (Å²) >= 11 is 0. The molecule has 10 heteroatoms. The van der Waals surface area contributed by atoms with E-state index >= 15 is 0 Å². The Morgan fingerprint density at radius 3 is 2.28 bits per heavy atom. The van der Waals surface area contributed by atoms with Crippen LogP contribution >= 0.6 is 0 Å². The number of carbonyl (C=O) groups is 6. The number of amides is 2. The van der Waals surface area contributed by atoms with Gasteiger partial charge in [-0.3, -0.25) is 24.0 Å². The molecule has 39 heavy (non-hydrogen) atoms. The van der Waals surface area contributed by atoms with Crippen LogP contribution in [0.15, 0.2) is 11.6 Å². The van der Waals surface area contributed by atoms with Crippen LogP contribution in [0.3, 0.4) is 0 Å². The summed E-state index contributed by atoms with van der Waals surface area (Å²) in [5.74, 6) is -2.31. The molecule has 1 aliphatic heterocycles. The molecule has 0 bridgehead atoms. The molecule has 10 nitrogen and oxygen atoms in total. The van der Waals surface area contributed by atoms with E-state index in [0.29, 0.717) is 36.2 Å². The van der Waals surface area contributed by atoms with E-state index in [1.165, 1.54) is 5.57 Å². The molecule has 5 rings (SSSR count). The summed E-state index contributed by atoms with van der Waals surface area (Å²) in [6, 6.07) is 0. The third kappa shape index (κ3) is 4.54. The highest BCUT2D eigenvalue weighted by Crippen LogP contribution is 2.67. The molecule has 0 spiro atoms. The summed E-state index contributed by atoms with van der Waals surface area (Å²) < 4.78 is 5.13. The number of nitrogens with zero attached hydrogens (tertiary/aromatic N) is 1. The third-order valence-electron chi connectivity index (χ3n) is 10.7. The van der Waals surface area contributed by atoms with Gasteiger partial charge in [-0.25, -0.2) is 4.79 Å². The molecule has 0 radical (unpaired) electrons. The Bertz CT molecular complexity index is 1140. The quantitative estimate of drug-likeness (QED) is 0.378. The average molecular weight is 544 g/mol. The Balaban J connectivity index is 1.17. The van der Waals surface area contributed by atoms with Gasteiger partial charge in [0.15, 0.2) is 12.4 Å². The summed E-state index contributed by atoms with van der Waals surface area (Å²) in [6.45, 7) is 3.69. The minimum absolute atomic E-state index is 0.00506. The van der Waals surface area contributed by atoms with E-state index in [0.717, 1.165) is 32.1 Å². The van der Waals surface area contributed by atoms with Crippen LogP contribution in [0.25, 0.3) is 0 Å². The predicted octanol–water partition coefficient (Wildman–Crippen LogP) is 2.75. The van der Waals surface area contributed by atoms with Crippen molar-refractivity contribution in [1.29, 1.82) is 0 Å². The zero-order valence-corrected chi connectivity index (χ0v) is 22.7. The Labute approximate surface area is 227 Å².